The molecule has 2 saturated heterocycles. The Hall–Kier alpha value is -1.04. The number of anilines is 2. The zero-order valence-electron chi connectivity index (χ0n) is 10.9. The molecular weight excluding hydrogens is 264 g/mol. The molecule has 2 aliphatic heterocycles. The number of hydrogen-bond donors (Lipinski definition) is 1. The number of pyridine rings is 1. The second kappa shape index (κ2) is 5.53. The normalized spacial score (nSPS) is 24.9. The Morgan fingerprint density at radius 3 is 2.84 bits per heavy atom. The number of rotatable bonds is 2. The summed E-state index contributed by atoms with van der Waals surface area (Å²) < 4.78 is 5.40. The number of hydrogen-bond acceptors (Lipinski definition) is 5. The van der Waals surface area contributed by atoms with Crippen LogP contribution in [0.3, 0.4) is 0 Å². The highest BCUT2D eigenvalue weighted by Crippen LogP contribution is 2.29. The van der Waals surface area contributed by atoms with E-state index in [0.29, 0.717) is 16.8 Å². The minimum atomic E-state index is 0.583. The van der Waals surface area contributed by atoms with Crippen molar-refractivity contribution in [3.8, 4) is 0 Å². The molecule has 2 fully saturated rings. The van der Waals surface area contributed by atoms with Crippen LogP contribution in [0.25, 0.3) is 0 Å². The molecule has 0 aromatic carbocycles. The van der Waals surface area contributed by atoms with Gasteiger partial charge in [0.15, 0.2) is 0 Å². The van der Waals surface area contributed by atoms with Crippen LogP contribution in [0.4, 0.5) is 11.5 Å². The lowest BCUT2D eigenvalue weighted by molar-refractivity contribution is 0.0209. The molecule has 3 heterocycles. The summed E-state index contributed by atoms with van der Waals surface area (Å²) in [6.07, 6.45) is 2.83. The van der Waals surface area contributed by atoms with Crippen molar-refractivity contribution in [2.45, 2.75) is 12.5 Å². The number of ether oxygens (including phenoxy) is 1. The van der Waals surface area contributed by atoms with Crippen LogP contribution in [0.2, 0.25) is 5.02 Å². The summed E-state index contributed by atoms with van der Waals surface area (Å²) in [5.74, 6) is 0.853. The highest BCUT2D eigenvalue weighted by atomic mass is 35.5. The van der Waals surface area contributed by atoms with Gasteiger partial charge in [0.25, 0.3) is 0 Å². The first-order chi connectivity index (χ1) is 9.24. The van der Waals surface area contributed by atoms with Gasteiger partial charge in [-0.3, -0.25) is 4.90 Å². The van der Waals surface area contributed by atoms with Crippen LogP contribution in [0.5, 0.6) is 0 Å². The fraction of sp³-hybridized carbons (Fsp3) is 0.615. The molecule has 0 amide bonds. The third-order valence-corrected chi connectivity index (χ3v) is 4.15. The highest BCUT2D eigenvalue weighted by molar-refractivity contribution is 6.33. The molecule has 2 N–H and O–H groups in total. The van der Waals surface area contributed by atoms with E-state index in [2.05, 4.69) is 14.8 Å². The summed E-state index contributed by atoms with van der Waals surface area (Å²) >= 11 is 6.23. The molecule has 104 valence electrons. The molecular formula is C13H19ClN4O. The van der Waals surface area contributed by atoms with Crippen LogP contribution < -0.4 is 10.6 Å². The zero-order chi connectivity index (χ0) is 13.2. The minimum absolute atomic E-state index is 0.583. The standard InChI is InChI=1S/C13H19ClN4O/c14-12-7-10(15)8-16-13(12)18-2-1-11(9-18)17-3-5-19-6-4-17/h7-8,11H,1-6,9,15H2. The van der Waals surface area contributed by atoms with Crippen molar-refractivity contribution in [2.24, 2.45) is 0 Å². The summed E-state index contributed by atoms with van der Waals surface area (Å²) in [6, 6.07) is 2.35. The van der Waals surface area contributed by atoms with Crippen molar-refractivity contribution in [1.82, 2.24) is 9.88 Å². The number of nitrogen functional groups attached to an aromatic ring is 1. The average molecular weight is 283 g/mol. The van der Waals surface area contributed by atoms with Crippen LogP contribution >= 0.6 is 11.6 Å². The molecule has 6 heteroatoms. The van der Waals surface area contributed by atoms with E-state index in [1.807, 2.05) is 0 Å². The van der Waals surface area contributed by atoms with Gasteiger partial charge in [0.1, 0.15) is 5.82 Å². The Morgan fingerprint density at radius 1 is 1.32 bits per heavy atom. The summed E-state index contributed by atoms with van der Waals surface area (Å²) in [7, 11) is 0. The second-order valence-electron chi connectivity index (χ2n) is 5.11. The van der Waals surface area contributed by atoms with Crippen LogP contribution in [-0.2, 0) is 4.74 Å². The summed E-state index contributed by atoms with van der Waals surface area (Å²) in [5.41, 5.74) is 6.29. The molecule has 19 heavy (non-hydrogen) atoms. The van der Waals surface area contributed by atoms with Crippen LogP contribution in [0.15, 0.2) is 12.3 Å². The summed E-state index contributed by atoms with van der Waals surface area (Å²) in [6.45, 7) is 5.73. The van der Waals surface area contributed by atoms with Gasteiger partial charge in [-0.05, 0) is 12.5 Å². The predicted molar refractivity (Wildman–Crippen MR) is 76.7 cm³/mol. The maximum atomic E-state index is 6.23. The highest BCUT2D eigenvalue weighted by Gasteiger charge is 2.30. The van der Waals surface area contributed by atoms with E-state index < -0.39 is 0 Å². The first-order valence-corrected chi connectivity index (χ1v) is 7.09. The molecule has 0 radical (unpaired) electrons. The number of halogens is 1. The van der Waals surface area contributed by atoms with Crippen LogP contribution in [-0.4, -0.2) is 55.3 Å². The van der Waals surface area contributed by atoms with E-state index in [4.69, 9.17) is 22.1 Å². The SMILES string of the molecule is Nc1cnc(N2CCC(N3CCOCC3)C2)c(Cl)c1. The summed E-state index contributed by atoms with van der Waals surface area (Å²) in [4.78, 5) is 9.13. The smallest absolute Gasteiger partial charge is 0.147 e. The topological polar surface area (TPSA) is 54.6 Å². The molecule has 2 aliphatic rings. The van der Waals surface area contributed by atoms with E-state index in [-0.39, 0.29) is 0 Å². The van der Waals surface area contributed by atoms with Crippen molar-refractivity contribution in [2.75, 3.05) is 50.0 Å². The van der Waals surface area contributed by atoms with Crippen molar-refractivity contribution >= 4 is 23.1 Å². The fourth-order valence-corrected chi connectivity index (χ4v) is 3.15. The quantitative estimate of drug-likeness (QED) is 0.884. The average Bonchev–Trinajstić information content (AvgIpc) is 2.89. The van der Waals surface area contributed by atoms with Gasteiger partial charge in [0.05, 0.1) is 30.1 Å². The third kappa shape index (κ3) is 2.78. The maximum absolute atomic E-state index is 6.23. The largest absolute Gasteiger partial charge is 0.397 e. The van der Waals surface area contributed by atoms with E-state index >= 15 is 0 Å². The minimum Gasteiger partial charge on any atom is -0.397 e. The number of aromatic nitrogens is 1. The molecule has 0 spiro atoms. The van der Waals surface area contributed by atoms with Gasteiger partial charge >= 0.3 is 0 Å². The Bertz CT molecular complexity index is 450. The predicted octanol–water partition coefficient (Wildman–Crippen LogP) is 1.23. The molecule has 0 aliphatic carbocycles. The first-order valence-electron chi connectivity index (χ1n) is 6.72. The lowest BCUT2D eigenvalue weighted by Gasteiger charge is -2.32. The fourth-order valence-electron chi connectivity index (χ4n) is 2.85. The monoisotopic (exact) mass is 282 g/mol. The van der Waals surface area contributed by atoms with Gasteiger partial charge in [-0.15, -0.1) is 0 Å². The van der Waals surface area contributed by atoms with E-state index in [9.17, 15) is 0 Å². The Balaban J connectivity index is 1.67. The van der Waals surface area contributed by atoms with Crippen molar-refractivity contribution in [1.29, 1.82) is 0 Å². The molecule has 1 aromatic heterocycles. The third-order valence-electron chi connectivity index (χ3n) is 3.87. The molecule has 1 atom stereocenters. The van der Waals surface area contributed by atoms with Gasteiger partial charge < -0.3 is 15.4 Å². The number of nitrogens with two attached hydrogens (primary N) is 1. The van der Waals surface area contributed by atoms with Gasteiger partial charge in [-0.1, -0.05) is 11.6 Å². The van der Waals surface area contributed by atoms with Crippen molar-refractivity contribution in [3.63, 3.8) is 0 Å². The van der Waals surface area contributed by atoms with Gasteiger partial charge in [0, 0.05) is 32.2 Å². The Morgan fingerprint density at radius 2 is 2.11 bits per heavy atom. The van der Waals surface area contributed by atoms with Crippen molar-refractivity contribution in [3.05, 3.63) is 17.3 Å². The molecule has 3 rings (SSSR count). The van der Waals surface area contributed by atoms with Gasteiger partial charge in [-0.25, -0.2) is 4.98 Å². The molecule has 5 nitrogen and oxygen atoms in total. The number of morpholine rings is 1. The Labute approximate surface area is 118 Å². The van der Waals surface area contributed by atoms with E-state index in [0.717, 1.165) is 51.6 Å². The van der Waals surface area contributed by atoms with E-state index in [1.54, 1.807) is 12.3 Å². The number of nitrogens with zero attached hydrogens (tertiary/aromatic N) is 3. The second-order valence-corrected chi connectivity index (χ2v) is 5.52. The molecule has 0 bridgehead atoms. The van der Waals surface area contributed by atoms with E-state index in [1.165, 1.54) is 0 Å². The summed E-state index contributed by atoms with van der Waals surface area (Å²) in [5, 5.41) is 0.641. The van der Waals surface area contributed by atoms with Crippen LogP contribution in [0, 0.1) is 0 Å². The first kappa shape index (κ1) is 13.0. The van der Waals surface area contributed by atoms with Gasteiger partial charge in [-0.2, -0.15) is 0 Å². The lowest BCUT2D eigenvalue weighted by Crippen LogP contribution is -2.44. The zero-order valence-corrected chi connectivity index (χ0v) is 11.6. The molecule has 1 aromatic rings. The maximum Gasteiger partial charge on any atom is 0.147 e. The lowest BCUT2D eigenvalue weighted by atomic mass is 10.2. The van der Waals surface area contributed by atoms with Crippen LogP contribution in [0.1, 0.15) is 6.42 Å². The Kier molecular flexibility index (Phi) is 3.77. The van der Waals surface area contributed by atoms with Crippen molar-refractivity contribution < 1.29 is 4.74 Å². The van der Waals surface area contributed by atoms with Gasteiger partial charge in [0.2, 0.25) is 0 Å². The molecule has 1 unspecified atom stereocenters. The molecule has 0 saturated carbocycles.